The Morgan fingerprint density at radius 1 is 0.219 bits per heavy atom. The predicted octanol–water partition coefficient (Wildman–Crippen LogP) is 21.9. The third-order valence-electron chi connectivity index (χ3n) is 14.1. The largest absolute Gasteiger partial charge is 0.457 e. The Kier molecular flexibility index (Phi) is 18.9. The van der Waals surface area contributed by atoms with Gasteiger partial charge in [-0.1, -0.05) is 173 Å². The molecule has 0 aliphatic carbocycles. The van der Waals surface area contributed by atoms with E-state index in [1.807, 2.05) is 24.3 Å². The standard InChI is InChI=1S/C39H48O2.C30H38O2/c1-25(2)35-21-19-33(23-37(35)27(5)6)40-31-15-11-29(12-16-31)39(9,10)30-13-17-32(18-14-30)41-34-20-22-36(26(3)4)38(24-34)28(7)8;1-19(2)27-15-13-25(17-29(27)21(5)6)31-23-9-11-24(12-10-23)32-26-14-16-28(20(3)4)30(18-26)22(7)8/h11-28H,1-10H3;9-22H,1-8H3. The van der Waals surface area contributed by atoms with E-state index in [0.29, 0.717) is 47.3 Å². The van der Waals surface area contributed by atoms with E-state index in [-0.39, 0.29) is 5.41 Å². The van der Waals surface area contributed by atoms with Crippen LogP contribution in [0.25, 0.3) is 0 Å². The van der Waals surface area contributed by atoms with Crippen LogP contribution in [0.15, 0.2) is 146 Å². The lowest BCUT2D eigenvalue weighted by Gasteiger charge is -2.26. The van der Waals surface area contributed by atoms with Gasteiger partial charge < -0.3 is 18.9 Å². The van der Waals surface area contributed by atoms with Gasteiger partial charge >= 0.3 is 0 Å². The fourth-order valence-electron chi connectivity index (χ4n) is 9.73. The monoisotopic (exact) mass is 979 g/mol. The Balaban J connectivity index is 0.000000246. The Morgan fingerprint density at radius 2 is 0.384 bits per heavy atom. The molecule has 4 heteroatoms. The minimum Gasteiger partial charge on any atom is -0.457 e. The van der Waals surface area contributed by atoms with Crippen LogP contribution in [-0.4, -0.2) is 0 Å². The number of benzene rings is 7. The van der Waals surface area contributed by atoms with Gasteiger partial charge in [0.2, 0.25) is 0 Å². The Bertz CT molecular complexity index is 2660. The first-order chi connectivity index (χ1) is 34.5. The molecule has 0 unspecified atom stereocenters. The maximum atomic E-state index is 6.28. The highest BCUT2D eigenvalue weighted by Crippen LogP contribution is 2.39. The van der Waals surface area contributed by atoms with Crippen molar-refractivity contribution < 1.29 is 18.9 Å². The summed E-state index contributed by atoms with van der Waals surface area (Å²) < 4.78 is 24.8. The Labute approximate surface area is 441 Å². The van der Waals surface area contributed by atoms with Gasteiger partial charge in [-0.15, -0.1) is 0 Å². The van der Waals surface area contributed by atoms with Crippen molar-refractivity contribution in [3.05, 3.63) is 201 Å². The molecule has 386 valence electrons. The first-order valence-electron chi connectivity index (χ1n) is 27.1. The summed E-state index contributed by atoms with van der Waals surface area (Å²) in [5.74, 6) is 10.7. The molecule has 73 heavy (non-hydrogen) atoms. The summed E-state index contributed by atoms with van der Waals surface area (Å²) in [4.78, 5) is 0. The summed E-state index contributed by atoms with van der Waals surface area (Å²) in [7, 11) is 0. The lowest BCUT2D eigenvalue weighted by Crippen LogP contribution is -2.18. The molecule has 4 nitrogen and oxygen atoms in total. The molecule has 0 aliphatic rings. The van der Waals surface area contributed by atoms with E-state index in [1.54, 1.807) is 0 Å². The quantitative estimate of drug-likeness (QED) is 0.0859. The molecule has 0 aromatic heterocycles. The van der Waals surface area contributed by atoms with Gasteiger partial charge in [-0.05, 0) is 200 Å². The van der Waals surface area contributed by atoms with Crippen molar-refractivity contribution in [2.24, 2.45) is 0 Å². The minimum atomic E-state index is -0.162. The van der Waals surface area contributed by atoms with Crippen LogP contribution in [0.5, 0.6) is 46.0 Å². The zero-order valence-corrected chi connectivity index (χ0v) is 47.6. The zero-order valence-electron chi connectivity index (χ0n) is 47.6. The van der Waals surface area contributed by atoms with Crippen LogP contribution in [0.2, 0.25) is 0 Å². The van der Waals surface area contributed by atoms with Crippen molar-refractivity contribution in [2.75, 3.05) is 0 Å². The first-order valence-corrected chi connectivity index (χ1v) is 27.1. The van der Waals surface area contributed by atoms with Crippen molar-refractivity contribution in [3.63, 3.8) is 0 Å². The normalized spacial score (nSPS) is 11.9. The van der Waals surface area contributed by atoms with Crippen molar-refractivity contribution in [1.29, 1.82) is 0 Å². The van der Waals surface area contributed by atoms with Crippen molar-refractivity contribution in [1.82, 2.24) is 0 Å². The molecule has 0 atom stereocenters. The van der Waals surface area contributed by atoms with E-state index in [2.05, 4.69) is 246 Å². The summed E-state index contributed by atoms with van der Waals surface area (Å²) >= 11 is 0. The van der Waals surface area contributed by atoms with E-state index in [0.717, 1.165) is 46.0 Å². The molecule has 7 aromatic rings. The zero-order chi connectivity index (χ0) is 53.3. The second-order valence-corrected chi connectivity index (χ2v) is 23.0. The van der Waals surface area contributed by atoms with Gasteiger partial charge in [0.05, 0.1) is 0 Å². The van der Waals surface area contributed by atoms with Gasteiger partial charge in [-0.2, -0.15) is 0 Å². The second kappa shape index (κ2) is 24.6. The molecule has 0 saturated heterocycles. The van der Waals surface area contributed by atoms with E-state index < -0.39 is 0 Å². The van der Waals surface area contributed by atoms with E-state index in [1.165, 1.54) is 55.6 Å². The predicted molar refractivity (Wildman–Crippen MR) is 310 cm³/mol. The molecule has 0 N–H and O–H groups in total. The number of hydrogen-bond donors (Lipinski definition) is 0. The van der Waals surface area contributed by atoms with E-state index in [9.17, 15) is 0 Å². The molecular formula is C69H86O4. The van der Waals surface area contributed by atoms with Crippen LogP contribution < -0.4 is 18.9 Å². The minimum absolute atomic E-state index is 0.162. The van der Waals surface area contributed by atoms with Crippen LogP contribution >= 0.6 is 0 Å². The SMILES string of the molecule is CC(C)c1ccc(Oc2ccc(C(C)(C)c3ccc(Oc4ccc(C(C)C)c(C(C)C)c4)cc3)cc2)cc1C(C)C.CC(C)c1ccc(Oc2ccc(Oc3ccc(C(C)C)c(C(C)C)c3)cc2)cc1C(C)C. The average Bonchev–Trinajstić information content (AvgIpc) is 3.34. The molecule has 0 amide bonds. The lowest BCUT2D eigenvalue weighted by molar-refractivity contribution is 0.468. The number of hydrogen-bond acceptors (Lipinski definition) is 4. The van der Waals surface area contributed by atoms with Crippen molar-refractivity contribution in [3.8, 4) is 46.0 Å². The maximum absolute atomic E-state index is 6.28. The molecule has 7 rings (SSSR count). The second-order valence-electron chi connectivity index (χ2n) is 23.0. The highest BCUT2D eigenvalue weighted by molar-refractivity contribution is 5.48. The molecule has 0 fully saturated rings. The summed E-state index contributed by atoms with van der Waals surface area (Å²) in [5, 5.41) is 0. The fraction of sp³-hybridized carbons (Fsp3) is 0.391. The molecule has 7 aromatic carbocycles. The van der Waals surface area contributed by atoms with E-state index in [4.69, 9.17) is 18.9 Å². The van der Waals surface area contributed by atoms with Crippen LogP contribution in [0.1, 0.15) is 228 Å². The third kappa shape index (κ3) is 14.5. The Hall–Kier alpha value is -6.26. The van der Waals surface area contributed by atoms with Gasteiger partial charge in [0, 0.05) is 5.41 Å². The smallest absolute Gasteiger partial charge is 0.127 e. The van der Waals surface area contributed by atoms with Gasteiger partial charge in [-0.25, -0.2) is 0 Å². The number of ether oxygens (including phenoxy) is 4. The topological polar surface area (TPSA) is 36.9 Å². The van der Waals surface area contributed by atoms with Gasteiger partial charge in [0.1, 0.15) is 46.0 Å². The van der Waals surface area contributed by atoms with Crippen LogP contribution in [0.3, 0.4) is 0 Å². The summed E-state index contributed by atoms with van der Waals surface area (Å²) in [5.41, 5.74) is 13.3. The molecule has 0 saturated carbocycles. The van der Waals surface area contributed by atoms with E-state index >= 15 is 0 Å². The van der Waals surface area contributed by atoms with Gasteiger partial charge in [0.15, 0.2) is 0 Å². The van der Waals surface area contributed by atoms with Crippen LogP contribution in [0, 0.1) is 0 Å². The summed E-state index contributed by atoms with van der Waals surface area (Å²) in [6.45, 7) is 40.4. The number of rotatable bonds is 18. The molecule has 0 spiro atoms. The molecule has 0 aliphatic heterocycles. The highest BCUT2D eigenvalue weighted by Gasteiger charge is 2.24. The molecule has 0 radical (unpaired) electrons. The van der Waals surface area contributed by atoms with Crippen LogP contribution in [-0.2, 0) is 5.41 Å². The molecule has 0 heterocycles. The summed E-state index contributed by atoms with van der Waals surface area (Å²) in [6.07, 6.45) is 0. The maximum Gasteiger partial charge on any atom is 0.127 e. The first kappa shape index (κ1) is 56.0. The third-order valence-corrected chi connectivity index (χ3v) is 14.1. The van der Waals surface area contributed by atoms with Crippen molar-refractivity contribution >= 4 is 0 Å². The fourth-order valence-corrected chi connectivity index (χ4v) is 9.73. The average molecular weight is 979 g/mol. The van der Waals surface area contributed by atoms with Crippen LogP contribution in [0.4, 0.5) is 0 Å². The van der Waals surface area contributed by atoms with Gasteiger partial charge in [-0.3, -0.25) is 0 Å². The molecule has 0 bridgehead atoms. The Morgan fingerprint density at radius 3 is 0.562 bits per heavy atom. The highest BCUT2D eigenvalue weighted by atomic mass is 16.5. The lowest BCUT2D eigenvalue weighted by atomic mass is 9.78. The summed E-state index contributed by atoms with van der Waals surface area (Å²) in [6, 6.07) is 50.7. The molecular weight excluding hydrogens is 893 g/mol. The van der Waals surface area contributed by atoms with Gasteiger partial charge in [0.25, 0.3) is 0 Å². The van der Waals surface area contributed by atoms with Crippen molar-refractivity contribution in [2.45, 2.75) is 177 Å².